The molecule has 1 N–H and O–H groups in total. The Bertz CT molecular complexity index is 1110. The van der Waals surface area contributed by atoms with E-state index >= 15 is 0 Å². The molecular weight excluding hydrogens is 357 g/mol. The molecular formula is C19H13F3N4O. The first-order valence-corrected chi connectivity index (χ1v) is 8.04. The maximum atomic E-state index is 12.7. The molecule has 27 heavy (non-hydrogen) atoms. The van der Waals surface area contributed by atoms with E-state index in [1.807, 2.05) is 35.0 Å². The third-order valence-electron chi connectivity index (χ3n) is 4.24. The molecule has 0 radical (unpaired) electrons. The number of alkyl halides is 3. The fourth-order valence-corrected chi connectivity index (χ4v) is 2.90. The Morgan fingerprint density at radius 3 is 2.56 bits per heavy atom. The zero-order valence-corrected chi connectivity index (χ0v) is 13.9. The third kappa shape index (κ3) is 3.21. The van der Waals surface area contributed by atoms with Crippen LogP contribution >= 0.6 is 0 Å². The second-order valence-electron chi connectivity index (χ2n) is 5.96. The highest BCUT2D eigenvalue weighted by atomic mass is 19.4. The van der Waals surface area contributed by atoms with Crippen molar-refractivity contribution in [1.82, 2.24) is 14.7 Å². The van der Waals surface area contributed by atoms with Crippen molar-refractivity contribution in [2.75, 3.05) is 0 Å². The van der Waals surface area contributed by atoms with E-state index in [1.54, 1.807) is 0 Å². The van der Waals surface area contributed by atoms with Crippen LogP contribution in [0.15, 0.2) is 59.3 Å². The van der Waals surface area contributed by atoms with Gasteiger partial charge in [0.25, 0.3) is 5.89 Å². The molecule has 5 nitrogen and oxygen atoms in total. The van der Waals surface area contributed by atoms with Crippen molar-refractivity contribution >= 4 is 17.1 Å². The van der Waals surface area contributed by atoms with Crippen molar-refractivity contribution in [3.05, 3.63) is 71.7 Å². The standard InChI is InChI=1S/C19H13F3N4O/c20-19(21,22)14-6-4-12(5-7-14)18-24-17(25-27-18)11-26-9-8-15-13(10-23)2-1-3-16(15)26/h1-10,23H,11H2. The minimum absolute atomic E-state index is 0.162. The summed E-state index contributed by atoms with van der Waals surface area (Å²) >= 11 is 0. The summed E-state index contributed by atoms with van der Waals surface area (Å²) in [5, 5.41) is 12.3. The van der Waals surface area contributed by atoms with Gasteiger partial charge in [-0.3, -0.25) is 0 Å². The van der Waals surface area contributed by atoms with E-state index in [2.05, 4.69) is 10.1 Å². The number of rotatable bonds is 4. The Hall–Kier alpha value is -3.42. The molecule has 8 heteroatoms. The van der Waals surface area contributed by atoms with Crippen LogP contribution in [-0.4, -0.2) is 20.9 Å². The lowest BCUT2D eigenvalue weighted by Crippen LogP contribution is -2.04. The number of aromatic nitrogens is 3. The summed E-state index contributed by atoms with van der Waals surface area (Å²) in [4.78, 5) is 4.27. The van der Waals surface area contributed by atoms with Gasteiger partial charge >= 0.3 is 6.18 Å². The van der Waals surface area contributed by atoms with E-state index in [0.717, 1.165) is 28.6 Å². The first-order valence-electron chi connectivity index (χ1n) is 8.04. The Labute approximate surface area is 151 Å². The SMILES string of the molecule is N=Cc1cccc2c1ccn2Cc1noc(-c2ccc(C(F)(F)F)cc2)n1. The molecule has 0 aliphatic rings. The van der Waals surface area contributed by atoms with Gasteiger partial charge in [-0.2, -0.15) is 18.2 Å². The molecule has 4 rings (SSSR count). The van der Waals surface area contributed by atoms with Gasteiger partial charge in [0.05, 0.1) is 12.1 Å². The second kappa shape index (κ2) is 6.39. The van der Waals surface area contributed by atoms with E-state index in [-0.39, 0.29) is 5.89 Å². The number of hydrogen-bond acceptors (Lipinski definition) is 4. The molecule has 0 unspecified atom stereocenters. The lowest BCUT2D eigenvalue weighted by molar-refractivity contribution is -0.137. The number of nitrogens with one attached hydrogen (secondary N) is 1. The molecule has 4 aromatic rings. The molecule has 2 aromatic heterocycles. The van der Waals surface area contributed by atoms with Gasteiger partial charge in [-0.15, -0.1) is 0 Å². The topological polar surface area (TPSA) is 67.7 Å². The number of nitrogens with zero attached hydrogens (tertiary/aromatic N) is 3. The summed E-state index contributed by atoms with van der Waals surface area (Å²) in [5.41, 5.74) is 1.43. The van der Waals surface area contributed by atoms with Crippen LogP contribution in [0, 0.1) is 5.41 Å². The Morgan fingerprint density at radius 1 is 1.07 bits per heavy atom. The normalized spacial score (nSPS) is 11.8. The van der Waals surface area contributed by atoms with Crippen LogP contribution in [0.25, 0.3) is 22.4 Å². The molecule has 0 saturated heterocycles. The molecule has 0 spiro atoms. The van der Waals surface area contributed by atoms with E-state index in [4.69, 9.17) is 9.93 Å². The number of fused-ring (bicyclic) bond motifs is 1. The highest BCUT2D eigenvalue weighted by Gasteiger charge is 2.30. The minimum Gasteiger partial charge on any atom is -0.340 e. The zero-order chi connectivity index (χ0) is 19.0. The first-order chi connectivity index (χ1) is 13.0. The van der Waals surface area contributed by atoms with Crippen molar-refractivity contribution in [1.29, 1.82) is 5.41 Å². The third-order valence-corrected chi connectivity index (χ3v) is 4.24. The maximum absolute atomic E-state index is 12.7. The van der Waals surface area contributed by atoms with Crippen LogP contribution in [0.2, 0.25) is 0 Å². The minimum atomic E-state index is -4.39. The molecule has 0 bridgehead atoms. The predicted octanol–water partition coefficient (Wildman–Crippen LogP) is 4.76. The molecule has 0 aliphatic carbocycles. The van der Waals surface area contributed by atoms with E-state index in [0.29, 0.717) is 17.9 Å². The zero-order valence-electron chi connectivity index (χ0n) is 13.9. The monoisotopic (exact) mass is 370 g/mol. The van der Waals surface area contributed by atoms with Crippen molar-refractivity contribution < 1.29 is 17.7 Å². The summed E-state index contributed by atoms with van der Waals surface area (Å²) < 4.78 is 45.1. The fourth-order valence-electron chi connectivity index (χ4n) is 2.90. The van der Waals surface area contributed by atoms with E-state index in [9.17, 15) is 13.2 Å². The Morgan fingerprint density at radius 2 is 1.85 bits per heavy atom. The van der Waals surface area contributed by atoms with Crippen molar-refractivity contribution in [3.8, 4) is 11.5 Å². The Balaban J connectivity index is 1.59. The van der Waals surface area contributed by atoms with Gasteiger partial charge in [0.1, 0.15) is 0 Å². The van der Waals surface area contributed by atoms with Crippen LogP contribution in [-0.2, 0) is 12.7 Å². The van der Waals surface area contributed by atoms with Gasteiger partial charge in [0, 0.05) is 34.4 Å². The van der Waals surface area contributed by atoms with Gasteiger partial charge in [-0.25, -0.2) is 0 Å². The summed E-state index contributed by atoms with van der Waals surface area (Å²) in [6.45, 7) is 0.342. The van der Waals surface area contributed by atoms with Gasteiger partial charge in [-0.05, 0) is 36.4 Å². The van der Waals surface area contributed by atoms with Crippen molar-refractivity contribution in [2.24, 2.45) is 0 Å². The maximum Gasteiger partial charge on any atom is 0.416 e. The summed E-state index contributed by atoms with van der Waals surface area (Å²) in [7, 11) is 0. The largest absolute Gasteiger partial charge is 0.416 e. The van der Waals surface area contributed by atoms with Gasteiger partial charge in [0.2, 0.25) is 0 Å². The molecule has 0 amide bonds. The average molecular weight is 370 g/mol. The van der Waals surface area contributed by atoms with Crippen molar-refractivity contribution in [2.45, 2.75) is 12.7 Å². The van der Waals surface area contributed by atoms with Gasteiger partial charge in [-0.1, -0.05) is 17.3 Å². The lowest BCUT2D eigenvalue weighted by atomic mass is 10.1. The second-order valence-corrected chi connectivity index (χ2v) is 5.96. The fraction of sp³-hybridized carbons (Fsp3) is 0.105. The van der Waals surface area contributed by atoms with Crippen LogP contribution in [0.3, 0.4) is 0 Å². The average Bonchev–Trinajstić information content (AvgIpc) is 3.29. The number of benzene rings is 2. The van der Waals surface area contributed by atoms with Crippen LogP contribution in [0.5, 0.6) is 0 Å². The molecule has 0 aliphatic heterocycles. The number of hydrogen-bond donors (Lipinski definition) is 1. The van der Waals surface area contributed by atoms with Gasteiger partial charge < -0.3 is 14.5 Å². The molecule has 2 heterocycles. The molecule has 0 saturated carbocycles. The Kier molecular flexibility index (Phi) is 4.02. The van der Waals surface area contributed by atoms with Crippen LogP contribution < -0.4 is 0 Å². The first kappa shape index (κ1) is 17.0. The summed E-state index contributed by atoms with van der Waals surface area (Å²) in [6.07, 6.45) is -1.22. The van der Waals surface area contributed by atoms with Crippen LogP contribution in [0.4, 0.5) is 13.2 Å². The predicted molar refractivity (Wildman–Crippen MR) is 93.7 cm³/mol. The lowest BCUT2D eigenvalue weighted by Gasteiger charge is -2.05. The molecule has 0 fully saturated rings. The molecule has 0 atom stereocenters. The summed E-state index contributed by atoms with van der Waals surface area (Å²) in [6, 6.07) is 12.1. The molecule has 136 valence electrons. The van der Waals surface area contributed by atoms with Crippen molar-refractivity contribution in [3.63, 3.8) is 0 Å². The smallest absolute Gasteiger partial charge is 0.340 e. The van der Waals surface area contributed by atoms with E-state index in [1.165, 1.54) is 18.3 Å². The van der Waals surface area contributed by atoms with E-state index < -0.39 is 11.7 Å². The molecule has 2 aromatic carbocycles. The number of halogens is 3. The van der Waals surface area contributed by atoms with Gasteiger partial charge in [0.15, 0.2) is 5.82 Å². The van der Waals surface area contributed by atoms with Crippen LogP contribution in [0.1, 0.15) is 17.0 Å². The highest BCUT2D eigenvalue weighted by Crippen LogP contribution is 2.30. The quantitative estimate of drug-likeness (QED) is 0.527. The highest BCUT2D eigenvalue weighted by molar-refractivity contribution is 5.97. The summed E-state index contributed by atoms with van der Waals surface area (Å²) in [5.74, 6) is 0.568.